The topological polar surface area (TPSA) is 50.4 Å². The Morgan fingerprint density at radius 1 is 0.966 bits per heavy atom. The molecule has 4 rings (SSSR count). The summed E-state index contributed by atoms with van der Waals surface area (Å²) >= 11 is 6.35. The van der Waals surface area contributed by atoms with Crippen molar-refractivity contribution in [1.29, 1.82) is 0 Å². The van der Waals surface area contributed by atoms with Crippen LogP contribution in [-0.4, -0.2) is 11.2 Å². The molecule has 0 bridgehead atoms. The lowest BCUT2D eigenvalue weighted by Gasteiger charge is -2.08. The van der Waals surface area contributed by atoms with Crippen molar-refractivity contribution >= 4 is 23.5 Å². The first kappa shape index (κ1) is 18.8. The normalized spacial score (nSPS) is 11.1. The second-order valence-corrected chi connectivity index (χ2v) is 6.52. The molecule has 0 radical (unpaired) electrons. The van der Waals surface area contributed by atoms with Gasteiger partial charge in [0, 0.05) is 16.1 Å². The van der Waals surface area contributed by atoms with E-state index in [1.807, 2.05) is 24.3 Å². The number of halogens is 3. The second-order valence-electron chi connectivity index (χ2n) is 6.11. The van der Waals surface area contributed by atoms with Gasteiger partial charge in [-0.15, -0.1) is 0 Å². The maximum absolute atomic E-state index is 13.6. The summed E-state index contributed by atoms with van der Waals surface area (Å²) in [5.41, 5.74) is 5.73. The average molecular weight is 410 g/mol. The molecule has 4 nitrogen and oxygen atoms in total. The summed E-state index contributed by atoms with van der Waals surface area (Å²) in [5, 5.41) is 4.49. The fourth-order valence-corrected chi connectivity index (χ4v) is 3.00. The smallest absolute Gasteiger partial charge is 0.225 e. The zero-order valence-electron chi connectivity index (χ0n) is 14.9. The Morgan fingerprint density at radius 2 is 1.69 bits per heavy atom. The number of anilines is 1. The highest BCUT2D eigenvalue weighted by Gasteiger charge is 2.09. The largest absolute Gasteiger partial charge is 0.445 e. The Balaban J connectivity index is 1.53. The number of hydrogen-bond donors (Lipinski definition) is 1. The minimum absolute atomic E-state index is 0.202. The monoisotopic (exact) mass is 409 g/mol. The highest BCUT2D eigenvalue weighted by Crippen LogP contribution is 2.32. The van der Waals surface area contributed by atoms with Gasteiger partial charge in [-0.25, -0.2) is 13.8 Å². The van der Waals surface area contributed by atoms with Crippen LogP contribution in [0.5, 0.6) is 0 Å². The van der Waals surface area contributed by atoms with Crippen LogP contribution in [0, 0.1) is 11.6 Å². The molecule has 0 saturated carbocycles. The maximum atomic E-state index is 13.6. The van der Waals surface area contributed by atoms with Crippen LogP contribution in [-0.2, 0) is 0 Å². The second kappa shape index (κ2) is 8.24. The van der Waals surface area contributed by atoms with Crippen LogP contribution in [0.2, 0.25) is 5.02 Å². The molecule has 0 atom stereocenters. The molecule has 0 amide bonds. The molecule has 0 aliphatic carbocycles. The number of hydrogen-bond acceptors (Lipinski definition) is 4. The summed E-state index contributed by atoms with van der Waals surface area (Å²) in [6, 6.07) is 16.5. The van der Waals surface area contributed by atoms with E-state index in [9.17, 15) is 8.78 Å². The van der Waals surface area contributed by atoms with Crippen molar-refractivity contribution in [2.45, 2.75) is 0 Å². The first-order chi connectivity index (χ1) is 14.1. The van der Waals surface area contributed by atoms with E-state index >= 15 is 0 Å². The van der Waals surface area contributed by atoms with E-state index in [4.69, 9.17) is 16.0 Å². The Kier molecular flexibility index (Phi) is 5.35. The highest BCUT2D eigenvalue weighted by molar-refractivity contribution is 6.33. The molecule has 1 heterocycles. The van der Waals surface area contributed by atoms with Gasteiger partial charge in [0.2, 0.25) is 5.89 Å². The van der Waals surface area contributed by atoms with Crippen LogP contribution in [0.25, 0.3) is 22.6 Å². The van der Waals surface area contributed by atoms with E-state index < -0.39 is 11.6 Å². The van der Waals surface area contributed by atoms with Gasteiger partial charge in [-0.05, 0) is 48.0 Å². The quantitative estimate of drug-likeness (QED) is 0.307. The van der Waals surface area contributed by atoms with Gasteiger partial charge in [-0.2, -0.15) is 5.10 Å². The Morgan fingerprint density at radius 3 is 2.38 bits per heavy atom. The van der Waals surface area contributed by atoms with E-state index in [0.29, 0.717) is 16.6 Å². The molecule has 29 heavy (non-hydrogen) atoms. The minimum Gasteiger partial charge on any atom is -0.445 e. The number of aromatic nitrogens is 1. The van der Waals surface area contributed by atoms with Gasteiger partial charge in [0.1, 0.15) is 17.9 Å². The summed E-state index contributed by atoms with van der Waals surface area (Å²) in [6.45, 7) is 0. The van der Waals surface area contributed by atoms with Crippen molar-refractivity contribution in [3.8, 4) is 22.6 Å². The predicted octanol–water partition coefficient (Wildman–Crippen LogP) is 6.39. The molecule has 0 aliphatic heterocycles. The highest BCUT2D eigenvalue weighted by atomic mass is 35.5. The van der Waals surface area contributed by atoms with Crippen LogP contribution in [0.15, 0.2) is 82.6 Å². The molecule has 0 aliphatic rings. The first-order valence-electron chi connectivity index (χ1n) is 8.65. The lowest BCUT2D eigenvalue weighted by Crippen LogP contribution is -1.96. The number of hydrazone groups is 1. The lowest BCUT2D eigenvalue weighted by atomic mass is 10.0. The van der Waals surface area contributed by atoms with Crippen LogP contribution in [0.3, 0.4) is 0 Å². The number of oxazole rings is 1. The number of rotatable bonds is 5. The molecule has 7 heteroatoms. The fraction of sp³-hybridized carbons (Fsp3) is 0. The predicted molar refractivity (Wildman–Crippen MR) is 110 cm³/mol. The van der Waals surface area contributed by atoms with Crippen LogP contribution in [0.4, 0.5) is 14.5 Å². The van der Waals surface area contributed by atoms with Gasteiger partial charge in [0.05, 0.1) is 23.7 Å². The average Bonchev–Trinajstić information content (AvgIpc) is 3.26. The molecule has 0 fully saturated rings. The van der Waals surface area contributed by atoms with Gasteiger partial charge in [0.25, 0.3) is 0 Å². The van der Waals surface area contributed by atoms with Crippen molar-refractivity contribution in [2.75, 3.05) is 5.43 Å². The summed E-state index contributed by atoms with van der Waals surface area (Å²) in [7, 11) is 0. The molecule has 4 aromatic rings. The number of benzene rings is 3. The number of nitrogens with zero attached hydrogens (tertiary/aromatic N) is 2. The van der Waals surface area contributed by atoms with Crippen molar-refractivity contribution in [3.63, 3.8) is 0 Å². The molecule has 1 N–H and O–H groups in total. The summed E-state index contributed by atoms with van der Waals surface area (Å²) in [6.07, 6.45) is 4.20. The number of nitrogens with one attached hydrogen (secondary N) is 1. The van der Waals surface area contributed by atoms with E-state index in [1.54, 1.807) is 24.4 Å². The molecule has 3 aromatic carbocycles. The molecule has 0 unspecified atom stereocenters. The van der Waals surface area contributed by atoms with Gasteiger partial charge >= 0.3 is 0 Å². The lowest BCUT2D eigenvalue weighted by molar-refractivity contribution is 0.574. The van der Waals surface area contributed by atoms with Crippen molar-refractivity contribution in [3.05, 3.63) is 95.3 Å². The standard InChI is InChI=1S/C22H14ClF2N3O/c23-19-9-6-15(22-26-10-11-29-22)12-17(19)14-4-7-16(8-5-14)28-27-13-18-20(24)2-1-3-21(18)25/h1-13,28H/b27-13+. The SMILES string of the molecule is Fc1cccc(F)c1/C=N/Nc1ccc(-c2cc(-c3ncco3)ccc2Cl)cc1. The molecular weight excluding hydrogens is 396 g/mol. The maximum Gasteiger partial charge on any atom is 0.225 e. The van der Waals surface area contributed by atoms with E-state index in [0.717, 1.165) is 22.9 Å². The summed E-state index contributed by atoms with van der Waals surface area (Å²) in [5.74, 6) is -0.839. The third kappa shape index (κ3) is 4.17. The van der Waals surface area contributed by atoms with Crippen molar-refractivity contribution in [2.24, 2.45) is 5.10 Å². The van der Waals surface area contributed by atoms with E-state index in [1.165, 1.54) is 24.5 Å². The Hall–Kier alpha value is -3.51. The molecule has 0 saturated heterocycles. The minimum atomic E-state index is -0.675. The molecule has 0 spiro atoms. The third-order valence-electron chi connectivity index (χ3n) is 4.23. The molecular formula is C22H14ClF2N3O. The van der Waals surface area contributed by atoms with E-state index in [2.05, 4.69) is 15.5 Å². The van der Waals surface area contributed by atoms with Gasteiger partial charge in [-0.3, -0.25) is 5.43 Å². The summed E-state index contributed by atoms with van der Waals surface area (Å²) in [4.78, 5) is 4.15. The van der Waals surface area contributed by atoms with E-state index in [-0.39, 0.29) is 5.56 Å². The fourth-order valence-electron chi connectivity index (χ4n) is 2.78. The van der Waals surface area contributed by atoms with Gasteiger partial charge < -0.3 is 4.42 Å². The van der Waals surface area contributed by atoms with Gasteiger partial charge in [-0.1, -0.05) is 29.8 Å². The third-order valence-corrected chi connectivity index (χ3v) is 4.56. The molecule has 144 valence electrons. The zero-order valence-corrected chi connectivity index (χ0v) is 15.7. The first-order valence-corrected chi connectivity index (χ1v) is 9.02. The van der Waals surface area contributed by atoms with Crippen LogP contribution < -0.4 is 5.43 Å². The Labute approximate surface area is 170 Å². The zero-order chi connectivity index (χ0) is 20.2. The van der Waals surface area contributed by atoms with Crippen molar-refractivity contribution < 1.29 is 13.2 Å². The van der Waals surface area contributed by atoms with Crippen LogP contribution >= 0.6 is 11.6 Å². The van der Waals surface area contributed by atoms with Crippen LogP contribution in [0.1, 0.15) is 5.56 Å². The van der Waals surface area contributed by atoms with Gasteiger partial charge in [0.15, 0.2) is 0 Å². The van der Waals surface area contributed by atoms with Crippen molar-refractivity contribution in [1.82, 2.24) is 4.98 Å². The summed E-state index contributed by atoms with van der Waals surface area (Å²) < 4.78 is 32.5. The Bertz CT molecular complexity index is 1140. The molecule has 1 aromatic heterocycles.